The highest BCUT2D eigenvalue weighted by atomic mass is 16.2. The van der Waals surface area contributed by atoms with Crippen LogP contribution >= 0.6 is 0 Å². The van der Waals surface area contributed by atoms with E-state index >= 15 is 0 Å². The van der Waals surface area contributed by atoms with E-state index in [2.05, 4.69) is 17.2 Å². The van der Waals surface area contributed by atoms with Crippen LogP contribution in [0, 0.1) is 0 Å². The molecule has 0 saturated heterocycles. The number of nitrogens with zero attached hydrogens (tertiary/aromatic N) is 2. The van der Waals surface area contributed by atoms with E-state index in [9.17, 15) is 4.79 Å². The maximum atomic E-state index is 11.2. The van der Waals surface area contributed by atoms with Crippen molar-refractivity contribution in [3.63, 3.8) is 0 Å². The van der Waals surface area contributed by atoms with Crippen LogP contribution in [-0.4, -0.2) is 15.8 Å². The molecule has 22 heavy (non-hydrogen) atoms. The minimum atomic E-state index is -0.690. The molecule has 2 aromatic carbocycles. The zero-order valence-corrected chi connectivity index (χ0v) is 11.9. The molecule has 0 saturated carbocycles. The average molecular weight is 292 g/mol. The van der Waals surface area contributed by atoms with Crippen molar-refractivity contribution in [2.45, 2.75) is 6.42 Å². The Morgan fingerprint density at radius 2 is 1.64 bits per heavy atom. The van der Waals surface area contributed by atoms with E-state index in [4.69, 9.17) is 11.5 Å². The normalized spacial score (nSPS) is 10.5. The molecule has 0 unspecified atom stereocenters. The Labute approximate surface area is 128 Å². The lowest BCUT2D eigenvalue weighted by atomic mass is 10.0. The summed E-state index contributed by atoms with van der Waals surface area (Å²) in [5.74, 6) is 0.253. The monoisotopic (exact) mass is 292 g/mol. The van der Waals surface area contributed by atoms with Crippen molar-refractivity contribution in [2.75, 3.05) is 5.73 Å². The number of carbonyl (C=O) groups excluding carboxylic acids is 1. The molecule has 4 N–H and O–H groups in total. The molecule has 0 bridgehead atoms. The summed E-state index contributed by atoms with van der Waals surface area (Å²) >= 11 is 0. The van der Waals surface area contributed by atoms with Gasteiger partial charge in [0.1, 0.15) is 5.82 Å². The Bertz CT molecular complexity index is 791. The summed E-state index contributed by atoms with van der Waals surface area (Å²) < 4.78 is 0.993. The van der Waals surface area contributed by atoms with Gasteiger partial charge in [0.2, 0.25) is 0 Å². The fourth-order valence-corrected chi connectivity index (χ4v) is 2.39. The second-order valence-corrected chi connectivity index (χ2v) is 5.05. The number of rotatable bonds is 3. The van der Waals surface area contributed by atoms with E-state index in [-0.39, 0.29) is 5.82 Å². The van der Waals surface area contributed by atoms with Gasteiger partial charge in [0.05, 0.1) is 6.20 Å². The minimum absolute atomic E-state index is 0.253. The van der Waals surface area contributed by atoms with Crippen LogP contribution in [0.4, 0.5) is 10.6 Å². The smallest absolute Gasteiger partial charge is 0.341 e. The molecule has 0 fully saturated rings. The molecule has 0 atom stereocenters. The molecular weight excluding hydrogens is 276 g/mol. The summed E-state index contributed by atoms with van der Waals surface area (Å²) in [7, 11) is 0. The lowest BCUT2D eigenvalue weighted by Gasteiger charge is -2.05. The van der Waals surface area contributed by atoms with E-state index in [1.807, 2.05) is 42.5 Å². The van der Waals surface area contributed by atoms with Crippen LogP contribution in [0.5, 0.6) is 0 Å². The van der Waals surface area contributed by atoms with Crippen molar-refractivity contribution >= 4 is 11.8 Å². The number of anilines is 1. The van der Waals surface area contributed by atoms with Gasteiger partial charge in [-0.2, -0.15) is 9.78 Å². The summed E-state index contributed by atoms with van der Waals surface area (Å²) in [6.07, 6.45) is 2.42. The largest absolute Gasteiger partial charge is 0.383 e. The topological polar surface area (TPSA) is 86.9 Å². The van der Waals surface area contributed by atoms with Gasteiger partial charge in [-0.05, 0) is 23.1 Å². The van der Waals surface area contributed by atoms with Gasteiger partial charge in [-0.15, -0.1) is 0 Å². The molecule has 0 spiro atoms. The first-order chi connectivity index (χ1) is 10.6. The summed E-state index contributed by atoms with van der Waals surface area (Å²) in [6.45, 7) is 0. The van der Waals surface area contributed by atoms with Crippen molar-refractivity contribution in [1.82, 2.24) is 9.78 Å². The van der Waals surface area contributed by atoms with Crippen LogP contribution in [0.3, 0.4) is 0 Å². The van der Waals surface area contributed by atoms with Gasteiger partial charge in [-0.25, -0.2) is 4.79 Å². The van der Waals surface area contributed by atoms with Crippen LogP contribution in [0.25, 0.3) is 11.1 Å². The predicted octanol–water partition coefficient (Wildman–Crippen LogP) is 2.65. The summed E-state index contributed by atoms with van der Waals surface area (Å²) in [6, 6.07) is 17.6. The number of benzene rings is 2. The van der Waals surface area contributed by atoms with Crippen LogP contribution in [0.15, 0.2) is 60.8 Å². The second-order valence-electron chi connectivity index (χ2n) is 5.05. The van der Waals surface area contributed by atoms with Gasteiger partial charge in [-0.3, -0.25) is 0 Å². The maximum absolute atomic E-state index is 11.2. The van der Waals surface area contributed by atoms with Crippen molar-refractivity contribution < 1.29 is 4.79 Å². The van der Waals surface area contributed by atoms with Gasteiger partial charge < -0.3 is 11.5 Å². The van der Waals surface area contributed by atoms with E-state index in [0.29, 0.717) is 5.56 Å². The molecule has 0 aliphatic rings. The van der Waals surface area contributed by atoms with Crippen molar-refractivity contribution in [2.24, 2.45) is 5.73 Å². The Balaban J connectivity index is 1.84. The Morgan fingerprint density at radius 1 is 1.00 bits per heavy atom. The summed E-state index contributed by atoms with van der Waals surface area (Å²) in [5, 5.41) is 3.90. The predicted molar refractivity (Wildman–Crippen MR) is 86.3 cm³/mol. The highest BCUT2D eigenvalue weighted by Gasteiger charge is 2.12. The van der Waals surface area contributed by atoms with Crippen LogP contribution in [0.2, 0.25) is 0 Å². The van der Waals surface area contributed by atoms with Crippen LogP contribution < -0.4 is 11.5 Å². The molecule has 110 valence electrons. The van der Waals surface area contributed by atoms with Gasteiger partial charge in [0.25, 0.3) is 0 Å². The number of nitrogens with two attached hydrogens (primary N) is 2. The van der Waals surface area contributed by atoms with Crippen molar-refractivity contribution in [3.05, 3.63) is 71.9 Å². The molecule has 0 aliphatic heterocycles. The van der Waals surface area contributed by atoms with Crippen LogP contribution in [0.1, 0.15) is 11.1 Å². The number of nitrogen functional groups attached to an aromatic ring is 1. The zero-order chi connectivity index (χ0) is 15.5. The van der Waals surface area contributed by atoms with Gasteiger partial charge in [0, 0.05) is 5.56 Å². The Morgan fingerprint density at radius 3 is 2.23 bits per heavy atom. The van der Waals surface area contributed by atoms with Gasteiger partial charge in [0.15, 0.2) is 0 Å². The SMILES string of the molecule is NC(=O)n1ncc(-c2ccc(Cc3ccccc3)cc2)c1N. The first kappa shape index (κ1) is 13.9. The molecule has 1 heterocycles. The van der Waals surface area contributed by atoms with E-state index in [1.165, 1.54) is 11.1 Å². The lowest BCUT2D eigenvalue weighted by Crippen LogP contribution is -2.22. The van der Waals surface area contributed by atoms with E-state index < -0.39 is 6.03 Å². The van der Waals surface area contributed by atoms with Gasteiger partial charge >= 0.3 is 6.03 Å². The first-order valence-electron chi connectivity index (χ1n) is 6.91. The fourth-order valence-electron chi connectivity index (χ4n) is 2.39. The third kappa shape index (κ3) is 2.69. The van der Waals surface area contributed by atoms with E-state index in [1.54, 1.807) is 6.20 Å². The third-order valence-electron chi connectivity index (χ3n) is 3.53. The Kier molecular flexibility index (Phi) is 3.62. The molecule has 0 aliphatic carbocycles. The molecule has 0 radical (unpaired) electrons. The molecule has 5 heteroatoms. The third-order valence-corrected chi connectivity index (χ3v) is 3.53. The second kappa shape index (κ2) is 5.73. The van der Waals surface area contributed by atoms with Crippen molar-refractivity contribution in [3.8, 4) is 11.1 Å². The number of hydrogen-bond donors (Lipinski definition) is 2. The quantitative estimate of drug-likeness (QED) is 0.778. The van der Waals surface area contributed by atoms with E-state index in [0.717, 1.165) is 16.7 Å². The lowest BCUT2D eigenvalue weighted by molar-refractivity contribution is 0.248. The maximum Gasteiger partial charge on any atom is 0.341 e. The number of aromatic nitrogens is 2. The highest BCUT2D eigenvalue weighted by molar-refractivity contribution is 5.83. The fraction of sp³-hybridized carbons (Fsp3) is 0.0588. The minimum Gasteiger partial charge on any atom is -0.383 e. The number of primary amides is 1. The first-order valence-corrected chi connectivity index (χ1v) is 6.91. The zero-order valence-electron chi connectivity index (χ0n) is 11.9. The van der Waals surface area contributed by atoms with Crippen molar-refractivity contribution in [1.29, 1.82) is 0 Å². The molecule has 3 rings (SSSR count). The Hall–Kier alpha value is -3.08. The average Bonchev–Trinajstić information content (AvgIpc) is 2.91. The summed E-state index contributed by atoms with van der Waals surface area (Å²) in [4.78, 5) is 11.2. The molecule has 1 aromatic heterocycles. The number of hydrogen-bond acceptors (Lipinski definition) is 3. The molecule has 5 nitrogen and oxygen atoms in total. The highest BCUT2D eigenvalue weighted by Crippen LogP contribution is 2.26. The standard InChI is InChI=1S/C17H16N4O/c18-16-15(11-20-21(16)17(19)22)14-8-6-13(7-9-14)10-12-4-2-1-3-5-12/h1-9,11H,10,18H2,(H2,19,22). The number of carbonyl (C=O) groups is 1. The number of amides is 1. The summed E-state index contributed by atoms with van der Waals surface area (Å²) in [5.41, 5.74) is 15.2. The molecular formula is C17H16N4O. The van der Waals surface area contributed by atoms with Gasteiger partial charge in [-0.1, -0.05) is 54.6 Å². The molecule has 1 amide bonds. The van der Waals surface area contributed by atoms with Crippen LogP contribution in [-0.2, 0) is 6.42 Å². The molecule has 3 aromatic rings.